The van der Waals surface area contributed by atoms with E-state index in [4.69, 9.17) is 9.47 Å². The molecule has 4 rings (SSSR count). The van der Waals surface area contributed by atoms with Crippen LogP contribution in [0.15, 0.2) is 30.5 Å². The molecule has 2 aromatic heterocycles. The second-order valence-electron chi connectivity index (χ2n) is 6.51. The van der Waals surface area contributed by atoms with Crippen molar-refractivity contribution in [1.82, 2.24) is 20.2 Å². The summed E-state index contributed by atoms with van der Waals surface area (Å²) in [6.45, 7) is 3.82. The first-order chi connectivity index (χ1) is 13.5. The topological polar surface area (TPSA) is 85.0 Å². The lowest BCUT2D eigenvalue weighted by Crippen LogP contribution is -2.10. The monoisotopic (exact) mass is 381 g/mol. The van der Waals surface area contributed by atoms with E-state index in [-0.39, 0.29) is 11.9 Å². The summed E-state index contributed by atoms with van der Waals surface area (Å²) in [6, 6.07) is 6.72. The van der Waals surface area contributed by atoms with Gasteiger partial charge in [-0.2, -0.15) is 5.10 Å². The van der Waals surface area contributed by atoms with Gasteiger partial charge in [0.25, 0.3) is 0 Å². The number of methoxy groups -OCH3 is 2. The smallest absolute Gasteiger partial charge is 0.162 e. The van der Waals surface area contributed by atoms with Crippen LogP contribution >= 0.6 is 0 Å². The van der Waals surface area contributed by atoms with Gasteiger partial charge in [0, 0.05) is 16.8 Å². The third-order valence-corrected chi connectivity index (χ3v) is 4.73. The Hall–Kier alpha value is -3.42. The summed E-state index contributed by atoms with van der Waals surface area (Å²) in [4.78, 5) is 9.07. The van der Waals surface area contributed by atoms with Crippen LogP contribution in [0, 0.1) is 12.7 Å². The first-order valence-corrected chi connectivity index (χ1v) is 8.80. The predicted molar refractivity (Wildman–Crippen MR) is 105 cm³/mol. The Labute approximate surface area is 160 Å². The van der Waals surface area contributed by atoms with Gasteiger partial charge in [0.2, 0.25) is 0 Å². The van der Waals surface area contributed by atoms with Crippen LogP contribution in [0.1, 0.15) is 24.4 Å². The number of benzene rings is 2. The molecule has 1 unspecified atom stereocenters. The van der Waals surface area contributed by atoms with E-state index in [2.05, 4.69) is 25.5 Å². The number of aryl methyl sites for hydroxylation is 1. The van der Waals surface area contributed by atoms with Crippen molar-refractivity contribution < 1.29 is 13.9 Å². The highest BCUT2D eigenvalue weighted by atomic mass is 19.1. The summed E-state index contributed by atoms with van der Waals surface area (Å²) in [5.74, 6) is 2.16. The molecule has 0 aliphatic rings. The minimum absolute atomic E-state index is 0.147. The summed E-state index contributed by atoms with van der Waals surface area (Å²) in [5, 5.41) is 11.6. The summed E-state index contributed by atoms with van der Waals surface area (Å²) in [7, 11) is 3.17. The van der Waals surface area contributed by atoms with Gasteiger partial charge in [-0.15, -0.1) is 0 Å². The van der Waals surface area contributed by atoms with Crippen LogP contribution in [0.25, 0.3) is 21.8 Å². The highest BCUT2D eigenvalue weighted by Crippen LogP contribution is 2.35. The Morgan fingerprint density at radius 1 is 1.07 bits per heavy atom. The fourth-order valence-electron chi connectivity index (χ4n) is 3.37. The Morgan fingerprint density at radius 2 is 1.82 bits per heavy atom. The Bertz CT molecular complexity index is 1170. The van der Waals surface area contributed by atoms with E-state index in [0.717, 1.165) is 21.9 Å². The van der Waals surface area contributed by atoms with Crippen molar-refractivity contribution in [3.05, 3.63) is 47.7 Å². The van der Waals surface area contributed by atoms with E-state index in [9.17, 15) is 4.39 Å². The minimum atomic E-state index is -0.330. The third-order valence-electron chi connectivity index (χ3n) is 4.73. The number of fused-ring (bicyclic) bond motifs is 2. The highest BCUT2D eigenvalue weighted by molar-refractivity contribution is 5.92. The SMILES string of the molecule is COc1cc2nc(C)nc(NC(C)c3ccc(F)c4[nH]ncc34)c2cc1OC. The average Bonchev–Trinajstić information content (AvgIpc) is 3.17. The standard InChI is InChI=1S/C20H20FN5O2/c1-10(12-5-6-15(21)19-14(12)9-22-26-19)23-20-13-7-17(27-3)18(28-4)8-16(13)24-11(2)25-20/h5-10H,1-4H3,(H,22,26)(H,23,24,25). The maximum absolute atomic E-state index is 14.0. The van der Waals surface area contributed by atoms with Crippen LogP contribution in [0.5, 0.6) is 11.5 Å². The molecule has 0 bridgehead atoms. The van der Waals surface area contributed by atoms with E-state index < -0.39 is 0 Å². The van der Waals surface area contributed by atoms with Crippen LogP contribution in [0.4, 0.5) is 10.2 Å². The Balaban J connectivity index is 1.80. The lowest BCUT2D eigenvalue weighted by molar-refractivity contribution is 0.356. The number of nitrogens with zero attached hydrogens (tertiary/aromatic N) is 3. The van der Waals surface area contributed by atoms with E-state index in [1.165, 1.54) is 6.07 Å². The molecule has 4 aromatic rings. The van der Waals surface area contributed by atoms with Crippen LogP contribution < -0.4 is 14.8 Å². The molecule has 2 heterocycles. The van der Waals surface area contributed by atoms with Crippen LogP contribution in [-0.2, 0) is 0 Å². The first kappa shape index (κ1) is 18.0. The molecule has 1 atom stereocenters. The summed E-state index contributed by atoms with van der Waals surface area (Å²) in [6.07, 6.45) is 1.63. The molecule has 0 aliphatic heterocycles. The van der Waals surface area contributed by atoms with Crippen molar-refractivity contribution in [3.63, 3.8) is 0 Å². The van der Waals surface area contributed by atoms with Gasteiger partial charge in [0.05, 0.1) is 32.0 Å². The van der Waals surface area contributed by atoms with Crippen LogP contribution in [0.3, 0.4) is 0 Å². The molecule has 0 spiro atoms. The van der Waals surface area contributed by atoms with Crippen molar-refractivity contribution in [2.45, 2.75) is 19.9 Å². The number of hydrogen-bond donors (Lipinski definition) is 2. The number of aromatic amines is 1. The first-order valence-electron chi connectivity index (χ1n) is 8.80. The number of nitrogens with one attached hydrogen (secondary N) is 2. The molecule has 144 valence electrons. The zero-order chi connectivity index (χ0) is 19.8. The molecule has 2 N–H and O–H groups in total. The van der Waals surface area contributed by atoms with E-state index in [1.807, 2.05) is 26.0 Å². The summed E-state index contributed by atoms with van der Waals surface area (Å²) in [5.41, 5.74) is 2.05. The molecule has 0 saturated heterocycles. The largest absolute Gasteiger partial charge is 0.493 e. The maximum atomic E-state index is 14.0. The van der Waals surface area contributed by atoms with Crippen molar-refractivity contribution in [1.29, 1.82) is 0 Å². The number of hydrogen-bond acceptors (Lipinski definition) is 6. The van der Waals surface area contributed by atoms with Crippen molar-refractivity contribution in [2.24, 2.45) is 0 Å². The molecule has 0 saturated carbocycles. The van der Waals surface area contributed by atoms with Gasteiger partial charge in [-0.3, -0.25) is 5.10 Å². The van der Waals surface area contributed by atoms with E-state index in [1.54, 1.807) is 26.5 Å². The number of ether oxygens (including phenoxy) is 2. The normalized spacial score (nSPS) is 12.3. The van der Waals surface area contributed by atoms with Gasteiger partial charge in [0.1, 0.15) is 23.0 Å². The second-order valence-corrected chi connectivity index (χ2v) is 6.51. The van der Waals surface area contributed by atoms with Gasteiger partial charge in [-0.25, -0.2) is 14.4 Å². The number of anilines is 1. The second kappa shape index (κ2) is 6.95. The van der Waals surface area contributed by atoms with Gasteiger partial charge in [-0.1, -0.05) is 6.07 Å². The average molecular weight is 381 g/mol. The van der Waals surface area contributed by atoms with E-state index >= 15 is 0 Å². The molecule has 0 aliphatic carbocycles. The van der Waals surface area contributed by atoms with Gasteiger partial charge in [0.15, 0.2) is 11.5 Å². The zero-order valence-electron chi connectivity index (χ0n) is 16.0. The minimum Gasteiger partial charge on any atom is -0.493 e. The molecule has 2 aromatic carbocycles. The lowest BCUT2D eigenvalue weighted by Gasteiger charge is -2.18. The van der Waals surface area contributed by atoms with Gasteiger partial charge >= 0.3 is 0 Å². The van der Waals surface area contributed by atoms with Crippen molar-refractivity contribution in [2.75, 3.05) is 19.5 Å². The third kappa shape index (κ3) is 2.96. The highest BCUT2D eigenvalue weighted by Gasteiger charge is 2.17. The Morgan fingerprint density at radius 3 is 2.57 bits per heavy atom. The van der Waals surface area contributed by atoms with Crippen molar-refractivity contribution in [3.8, 4) is 11.5 Å². The molecule has 0 fully saturated rings. The van der Waals surface area contributed by atoms with Gasteiger partial charge < -0.3 is 14.8 Å². The fraction of sp³-hybridized carbons (Fsp3) is 0.250. The summed E-state index contributed by atoms with van der Waals surface area (Å²) < 4.78 is 24.8. The number of aromatic nitrogens is 4. The zero-order valence-corrected chi connectivity index (χ0v) is 16.0. The van der Waals surface area contributed by atoms with Crippen LogP contribution in [0.2, 0.25) is 0 Å². The van der Waals surface area contributed by atoms with Crippen LogP contribution in [-0.4, -0.2) is 34.4 Å². The Kier molecular flexibility index (Phi) is 4.46. The molecule has 0 radical (unpaired) electrons. The molecule has 0 amide bonds. The fourth-order valence-corrected chi connectivity index (χ4v) is 3.37. The van der Waals surface area contributed by atoms with E-state index in [0.29, 0.717) is 28.7 Å². The quantitative estimate of drug-likeness (QED) is 0.540. The van der Waals surface area contributed by atoms with Crippen molar-refractivity contribution >= 4 is 27.6 Å². The molecular formula is C20H20FN5O2. The predicted octanol–water partition coefficient (Wildman–Crippen LogP) is 4.14. The molecule has 28 heavy (non-hydrogen) atoms. The maximum Gasteiger partial charge on any atom is 0.162 e. The molecule has 7 nitrogen and oxygen atoms in total. The molecular weight excluding hydrogens is 361 g/mol. The number of halogens is 1. The summed E-state index contributed by atoms with van der Waals surface area (Å²) >= 11 is 0. The molecule has 8 heteroatoms. The van der Waals surface area contributed by atoms with Gasteiger partial charge in [-0.05, 0) is 31.5 Å². The number of H-pyrrole nitrogens is 1. The number of rotatable bonds is 5. The lowest BCUT2D eigenvalue weighted by atomic mass is 10.0.